The first-order valence-corrected chi connectivity index (χ1v) is 21.9. The minimum absolute atomic E-state index is 0. The third-order valence-electron chi connectivity index (χ3n) is 12.5. The smallest absolute Gasteiger partial charge is 0.268 e. The molecule has 0 saturated heterocycles. The topological polar surface area (TPSA) is 35.9 Å². The number of aromatic nitrogens is 4. The zero-order chi connectivity index (χ0) is 43.1. The van der Waals surface area contributed by atoms with Gasteiger partial charge in [0.25, 0.3) is 6.33 Å². The van der Waals surface area contributed by atoms with Crippen LogP contribution in [0.2, 0.25) is 0 Å². The largest absolute Gasteiger partial charge is 0.510 e. The van der Waals surface area contributed by atoms with E-state index in [1.807, 2.05) is 30.5 Å². The molecule has 1 unspecified atom stereocenters. The zero-order valence-electron chi connectivity index (χ0n) is 36.2. The summed E-state index contributed by atoms with van der Waals surface area (Å²) < 4.78 is 13.2. The molecule has 0 amide bonds. The van der Waals surface area contributed by atoms with Gasteiger partial charge in [-0.15, -0.1) is 29.7 Å². The van der Waals surface area contributed by atoms with Crippen LogP contribution in [0.15, 0.2) is 200 Å². The fraction of sp³-hybridized carbons (Fsp3) is 0.0847. The first-order valence-electron chi connectivity index (χ1n) is 21.9. The Bertz CT molecular complexity index is 3410. The Morgan fingerprint density at radius 1 is 0.538 bits per heavy atom. The van der Waals surface area contributed by atoms with Gasteiger partial charge in [0, 0.05) is 44.3 Å². The first kappa shape index (κ1) is 41.7. The average Bonchev–Trinajstić information content (AvgIpc) is 3.90. The number of hydrogen-bond acceptors (Lipinski definition) is 2. The van der Waals surface area contributed by atoms with Crippen molar-refractivity contribution in [2.24, 2.45) is 5.92 Å². The Morgan fingerprint density at radius 3 is 1.89 bits per heavy atom. The second kappa shape index (κ2) is 17.7. The maximum atomic E-state index is 6.70. The van der Waals surface area contributed by atoms with Crippen LogP contribution in [0.5, 0.6) is 11.5 Å². The van der Waals surface area contributed by atoms with Crippen molar-refractivity contribution in [3.8, 4) is 62.1 Å². The third-order valence-corrected chi connectivity index (χ3v) is 12.5. The summed E-state index contributed by atoms with van der Waals surface area (Å²) in [7, 11) is 0. The van der Waals surface area contributed by atoms with E-state index in [1.54, 1.807) is 0 Å². The molecule has 0 aliphatic heterocycles. The number of para-hydroxylation sites is 3. The van der Waals surface area contributed by atoms with Crippen LogP contribution >= 0.6 is 0 Å². The van der Waals surface area contributed by atoms with Crippen LogP contribution in [0.4, 0.5) is 0 Å². The first-order chi connectivity index (χ1) is 31.5. The van der Waals surface area contributed by atoms with Crippen LogP contribution in [-0.4, -0.2) is 14.1 Å². The van der Waals surface area contributed by atoms with Gasteiger partial charge in [0.15, 0.2) is 0 Å². The van der Waals surface area contributed by atoms with Crippen molar-refractivity contribution in [1.29, 1.82) is 0 Å². The van der Waals surface area contributed by atoms with Crippen molar-refractivity contribution in [1.82, 2.24) is 14.1 Å². The summed E-state index contributed by atoms with van der Waals surface area (Å²) in [5.74, 6) is 2.87. The molecule has 0 fully saturated rings. The van der Waals surface area contributed by atoms with Crippen LogP contribution in [0.25, 0.3) is 83.4 Å². The van der Waals surface area contributed by atoms with E-state index in [2.05, 4.69) is 223 Å². The van der Waals surface area contributed by atoms with Crippen LogP contribution in [0, 0.1) is 24.4 Å². The molecule has 5 nitrogen and oxygen atoms in total. The number of nitrogens with zero attached hydrogens (tertiary/aromatic N) is 4. The van der Waals surface area contributed by atoms with E-state index >= 15 is 0 Å². The van der Waals surface area contributed by atoms with Gasteiger partial charge in [-0.2, -0.15) is 18.2 Å². The molecule has 0 spiro atoms. The Kier molecular flexibility index (Phi) is 11.3. The van der Waals surface area contributed by atoms with Crippen LogP contribution < -0.4 is 9.30 Å². The van der Waals surface area contributed by atoms with E-state index in [9.17, 15) is 0 Å². The SMILES string of the molecule is CC(C)C(C)c1ccnc(-n2c3[c-]c(Oc4[c-]c(-n5[c-][n+](-c6c(-c7ccccc7)cccc6-c6ccccc6)c6ccccc65)ccc4)ccc3c3cc(-c4ccccc4)ccc32)c1.[Pt]. The summed E-state index contributed by atoms with van der Waals surface area (Å²) in [6.07, 6.45) is 5.69. The molecule has 0 bridgehead atoms. The number of benzene rings is 8. The quantitative estimate of drug-likeness (QED) is 0.101. The molecule has 11 rings (SSSR count). The molecule has 6 heteroatoms. The van der Waals surface area contributed by atoms with Crippen molar-refractivity contribution < 1.29 is 30.4 Å². The summed E-state index contributed by atoms with van der Waals surface area (Å²) in [6, 6.07) is 75.1. The van der Waals surface area contributed by atoms with Crippen molar-refractivity contribution in [2.45, 2.75) is 26.7 Å². The van der Waals surface area contributed by atoms with E-state index in [4.69, 9.17) is 9.72 Å². The molecule has 0 radical (unpaired) electrons. The van der Waals surface area contributed by atoms with Crippen molar-refractivity contribution in [2.75, 3.05) is 0 Å². The van der Waals surface area contributed by atoms with Gasteiger partial charge in [-0.3, -0.25) is 4.57 Å². The number of rotatable bonds is 10. The second-order valence-corrected chi connectivity index (χ2v) is 16.7. The Balaban J connectivity index is 0.00000498. The Labute approximate surface area is 394 Å². The fourth-order valence-corrected chi connectivity index (χ4v) is 8.89. The predicted octanol–water partition coefficient (Wildman–Crippen LogP) is 14.4. The molecule has 3 aromatic heterocycles. The summed E-state index contributed by atoms with van der Waals surface area (Å²) >= 11 is 0. The molecule has 3 heterocycles. The van der Waals surface area contributed by atoms with Gasteiger partial charge in [-0.25, -0.2) is 4.98 Å². The number of fused-ring (bicyclic) bond motifs is 4. The van der Waals surface area contributed by atoms with Crippen molar-refractivity contribution >= 4 is 32.8 Å². The monoisotopic (exact) mass is 1020 g/mol. The Hall–Kier alpha value is -7.33. The summed E-state index contributed by atoms with van der Waals surface area (Å²) in [5, 5.41) is 2.20. The molecule has 1 atom stereocenters. The van der Waals surface area contributed by atoms with Gasteiger partial charge < -0.3 is 13.9 Å². The summed E-state index contributed by atoms with van der Waals surface area (Å²) in [5.41, 5.74) is 13.9. The van der Waals surface area contributed by atoms with E-state index in [-0.39, 0.29) is 21.1 Å². The van der Waals surface area contributed by atoms with Crippen LogP contribution in [-0.2, 0) is 21.1 Å². The summed E-state index contributed by atoms with van der Waals surface area (Å²) in [6.45, 7) is 6.81. The molecule has 8 aromatic carbocycles. The molecule has 0 N–H and O–H groups in total. The second-order valence-electron chi connectivity index (χ2n) is 16.7. The number of pyridine rings is 1. The fourth-order valence-electron chi connectivity index (χ4n) is 8.89. The molecule has 318 valence electrons. The number of imidazole rings is 1. The third kappa shape index (κ3) is 7.77. The van der Waals surface area contributed by atoms with Gasteiger partial charge in [-0.1, -0.05) is 172 Å². The van der Waals surface area contributed by atoms with Crippen LogP contribution in [0.3, 0.4) is 0 Å². The van der Waals surface area contributed by atoms with E-state index in [1.165, 1.54) is 11.1 Å². The molecule has 0 aliphatic carbocycles. The molecule has 0 saturated carbocycles. The number of ether oxygens (including phenoxy) is 1. The molecule has 65 heavy (non-hydrogen) atoms. The van der Waals surface area contributed by atoms with Crippen LogP contribution in [0.1, 0.15) is 32.3 Å². The normalized spacial score (nSPS) is 11.9. The minimum Gasteiger partial charge on any atom is -0.510 e. The van der Waals surface area contributed by atoms with Gasteiger partial charge in [0.2, 0.25) is 0 Å². The predicted molar refractivity (Wildman–Crippen MR) is 260 cm³/mol. The van der Waals surface area contributed by atoms with Gasteiger partial charge in [-0.05, 0) is 80.1 Å². The summed E-state index contributed by atoms with van der Waals surface area (Å²) in [4.78, 5) is 4.94. The maximum absolute atomic E-state index is 6.70. The average molecular weight is 1020 g/mol. The molecule has 0 aliphatic rings. The van der Waals surface area contributed by atoms with E-state index in [0.717, 1.165) is 77.8 Å². The van der Waals surface area contributed by atoms with Gasteiger partial charge in [0.1, 0.15) is 5.82 Å². The number of hydrogen-bond donors (Lipinski definition) is 0. The van der Waals surface area contributed by atoms with Crippen molar-refractivity contribution in [3.63, 3.8) is 0 Å². The Morgan fingerprint density at radius 2 is 1.18 bits per heavy atom. The molecular formula is C59H44N4OPt-2. The van der Waals surface area contributed by atoms with Gasteiger partial charge in [0.05, 0.1) is 16.7 Å². The standard InChI is InChI=1S/C59H44N4O.Pt/c1-40(2)41(3)45-33-34-60-58(36-45)63-54-32-29-46(42-17-7-4-8-18-42)35-53(54)52-31-30-49(38-57(52)63)64-48-24-15-23-47(37-48)61-39-62(56-28-14-13-27-55(56)61)59-50(43-19-9-5-10-20-43)25-16-26-51(59)44-21-11-6-12-22-44;/h4-36,40-41H,1-3H3;/q-2;. The minimum atomic E-state index is 0. The van der Waals surface area contributed by atoms with E-state index < -0.39 is 0 Å². The van der Waals surface area contributed by atoms with Crippen molar-refractivity contribution in [3.05, 3.63) is 224 Å². The van der Waals surface area contributed by atoms with E-state index in [0.29, 0.717) is 23.3 Å². The maximum Gasteiger partial charge on any atom is 0.268 e. The molecule has 11 aromatic rings. The molecular weight excluding hydrogens is 976 g/mol. The van der Waals surface area contributed by atoms with Gasteiger partial charge >= 0.3 is 0 Å². The zero-order valence-corrected chi connectivity index (χ0v) is 38.5.